The number of imidazole rings is 1. The average Bonchev–Trinajstić information content (AvgIpc) is 2.74. The van der Waals surface area contributed by atoms with Gasteiger partial charge in [0, 0.05) is 19.0 Å². The van der Waals surface area contributed by atoms with E-state index in [-0.39, 0.29) is 0 Å². The van der Waals surface area contributed by atoms with E-state index < -0.39 is 0 Å². The number of aromatic nitrogens is 2. The number of likely N-dealkylation sites (N-methyl/N-ethyl adjacent to an activating group) is 1. The minimum Gasteiger partial charge on any atom is -0.324 e. The molecule has 0 saturated heterocycles. The largest absolute Gasteiger partial charge is 0.324 e. The molecule has 1 aromatic heterocycles. The van der Waals surface area contributed by atoms with Crippen LogP contribution in [0.25, 0.3) is 11.0 Å². The Kier molecular flexibility index (Phi) is 3.79. The van der Waals surface area contributed by atoms with Gasteiger partial charge in [-0.25, -0.2) is 4.98 Å². The maximum absolute atomic E-state index is 4.70. The summed E-state index contributed by atoms with van der Waals surface area (Å²) in [6.07, 6.45) is 0.977. The summed E-state index contributed by atoms with van der Waals surface area (Å²) in [6, 6.07) is 8.82. The van der Waals surface area contributed by atoms with Crippen molar-refractivity contribution in [1.82, 2.24) is 14.9 Å². The third kappa shape index (κ3) is 2.34. The lowest BCUT2D eigenvalue weighted by atomic mass is 10.2. The van der Waals surface area contributed by atoms with Crippen LogP contribution in [0.3, 0.4) is 0 Å². The van der Waals surface area contributed by atoms with E-state index in [9.17, 15) is 0 Å². The zero-order valence-corrected chi connectivity index (χ0v) is 10.9. The Labute approximate surface area is 103 Å². The number of para-hydroxylation sites is 2. The van der Waals surface area contributed by atoms with Gasteiger partial charge in [-0.2, -0.15) is 0 Å². The van der Waals surface area contributed by atoms with Gasteiger partial charge in [0.1, 0.15) is 5.82 Å². The molecule has 0 radical (unpaired) electrons. The molecule has 0 amide bonds. The smallest absolute Gasteiger partial charge is 0.109 e. The predicted octanol–water partition coefficient (Wildman–Crippen LogP) is 2.77. The number of aryl methyl sites for hydroxylation is 1. The van der Waals surface area contributed by atoms with Gasteiger partial charge in [0.2, 0.25) is 0 Å². The molecule has 3 heteroatoms. The lowest BCUT2D eigenvalue weighted by Crippen LogP contribution is -2.24. The molecule has 92 valence electrons. The molecule has 0 aliphatic rings. The number of benzene rings is 1. The minimum absolute atomic E-state index is 0.442. The predicted molar refractivity (Wildman–Crippen MR) is 72.4 cm³/mol. The van der Waals surface area contributed by atoms with Gasteiger partial charge in [0.05, 0.1) is 11.0 Å². The second-order valence-electron chi connectivity index (χ2n) is 4.40. The number of hydrogen-bond acceptors (Lipinski definition) is 2. The number of nitrogens with zero attached hydrogens (tertiary/aromatic N) is 2. The molecule has 1 N–H and O–H groups in total. The second-order valence-corrected chi connectivity index (χ2v) is 4.40. The third-order valence-electron chi connectivity index (χ3n) is 3.12. The first-order valence-electron chi connectivity index (χ1n) is 6.44. The van der Waals surface area contributed by atoms with E-state index in [1.165, 1.54) is 11.3 Å². The van der Waals surface area contributed by atoms with E-state index in [2.05, 4.69) is 48.9 Å². The van der Waals surface area contributed by atoms with Gasteiger partial charge >= 0.3 is 0 Å². The van der Waals surface area contributed by atoms with Crippen LogP contribution < -0.4 is 5.32 Å². The standard InChI is InChI=1S/C14H21N3/c1-4-14-16-12-8-6-7-9-13(12)17(14)11(3)10-15-5-2/h6-9,11,15H,4-5,10H2,1-3H3. The van der Waals surface area contributed by atoms with E-state index in [0.717, 1.165) is 25.0 Å². The molecule has 3 nitrogen and oxygen atoms in total. The fourth-order valence-electron chi connectivity index (χ4n) is 2.28. The molecule has 1 aromatic carbocycles. The molecule has 2 rings (SSSR count). The SMILES string of the molecule is CCNCC(C)n1c(CC)nc2ccccc21. The highest BCUT2D eigenvalue weighted by Crippen LogP contribution is 2.21. The van der Waals surface area contributed by atoms with E-state index in [1.54, 1.807) is 0 Å². The Morgan fingerprint density at radius 2 is 2.06 bits per heavy atom. The van der Waals surface area contributed by atoms with E-state index in [0.29, 0.717) is 6.04 Å². The molecule has 0 aliphatic carbocycles. The Balaban J connectivity index is 2.42. The fraction of sp³-hybridized carbons (Fsp3) is 0.500. The van der Waals surface area contributed by atoms with E-state index in [4.69, 9.17) is 4.98 Å². The summed E-state index contributed by atoms with van der Waals surface area (Å²) in [5.74, 6) is 1.18. The molecule has 0 fully saturated rings. The molecular formula is C14H21N3. The maximum atomic E-state index is 4.70. The van der Waals surface area contributed by atoms with Crippen molar-refractivity contribution >= 4 is 11.0 Å². The fourth-order valence-corrected chi connectivity index (χ4v) is 2.28. The van der Waals surface area contributed by atoms with Crippen LogP contribution in [-0.4, -0.2) is 22.6 Å². The summed E-state index contributed by atoms with van der Waals surface area (Å²) in [5, 5.41) is 3.40. The van der Waals surface area contributed by atoms with Crippen molar-refractivity contribution in [2.45, 2.75) is 33.2 Å². The Morgan fingerprint density at radius 3 is 2.76 bits per heavy atom. The zero-order chi connectivity index (χ0) is 12.3. The van der Waals surface area contributed by atoms with Crippen LogP contribution in [-0.2, 0) is 6.42 Å². The van der Waals surface area contributed by atoms with Gasteiger partial charge in [0.15, 0.2) is 0 Å². The lowest BCUT2D eigenvalue weighted by Gasteiger charge is -2.17. The Hall–Kier alpha value is -1.35. The number of fused-ring (bicyclic) bond motifs is 1. The van der Waals surface area contributed by atoms with Gasteiger partial charge in [-0.05, 0) is 25.6 Å². The number of hydrogen-bond donors (Lipinski definition) is 1. The third-order valence-corrected chi connectivity index (χ3v) is 3.12. The summed E-state index contributed by atoms with van der Waals surface area (Å²) < 4.78 is 2.36. The first-order chi connectivity index (χ1) is 8.27. The molecule has 1 unspecified atom stereocenters. The van der Waals surface area contributed by atoms with Crippen LogP contribution in [0.2, 0.25) is 0 Å². The van der Waals surface area contributed by atoms with Gasteiger partial charge in [0.25, 0.3) is 0 Å². The van der Waals surface area contributed by atoms with Crippen LogP contribution in [0.15, 0.2) is 24.3 Å². The molecule has 2 aromatic rings. The molecule has 0 spiro atoms. The highest BCUT2D eigenvalue weighted by Gasteiger charge is 2.13. The van der Waals surface area contributed by atoms with Crippen LogP contribution in [0, 0.1) is 0 Å². The van der Waals surface area contributed by atoms with Crippen molar-refractivity contribution in [3.63, 3.8) is 0 Å². The van der Waals surface area contributed by atoms with Crippen LogP contribution in [0.1, 0.15) is 32.6 Å². The molecule has 0 aliphatic heterocycles. The summed E-state index contributed by atoms with van der Waals surface area (Å²) in [5.41, 5.74) is 2.35. The molecule has 0 saturated carbocycles. The van der Waals surface area contributed by atoms with Crippen molar-refractivity contribution in [2.24, 2.45) is 0 Å². The minimum atomic E-state index is 0.442. The van der Waals surface area contributed by atoms with Gasteiger partial charge < -0.3 is 9.88 Å². The van der Waals surface area contributed by atoms with E-state index >= 15 is 0 Å². The molecule has 0 bridgehead atoms. The molecular weight excluding hydrogens is 210 g/mol. The van der Waals surface area contributed by atoms with Crippen molar-refractivity contribution in [3.05, 3.63) is 30.1 Å². The monoisotopic (exact) mass is 231 g/mol. The normalized spacial score (nSPS) is 13.1. The van der Waals surface area contributed by atoms with Crippen molar-refractivity contribution < 1.29 is 0 Å². The summed E-state index contributed by atoms with van der Waals surface area (Å²) in [7, 11) is 0. The number of rotatable bonds is 5. The Morgan fingerprint density at radius 1 is 1.29 bits per heavy atom. The van der Waals surface area contributed by atoms with Gasteiger partial charge in [-0.1, -0.05) is 26.0 Å². The summed E-state index contributed by atoms with van der Waals surface area (Å²) in [4.78, 5) is 4.70. The molecule has 1 atom stereocenters. The highest BCUT2D eigenvalue weighted by atomic mass is 15.1. The Bertz CT molecular complexity index is 487. The van der Waals surface area contributed by atoms with Crippen LogP contribution >= 0.6 is 0 Å². The lowest BCUT2D eigenvalue weighted by molar-refractivity contribution is 0.498. The topological polar surface area (TPSA) is 29.9 Å². The van der Waals surface area contributed by atoms with Crippen molar-refractivity contribution in [1.29, 1.82) is 0 Å². The van der Waals surface area contributed by atoms with Gasteiger partial charge in [-0.3, -0.25) is 0 Å². The quantitative estimate of drug-likeness (QED) is 0.857. The van der Waals surface area contributed by atoms with Crippen molar-refractivity contribution in [3.8, 4) is 0 Å². The van der Waals surface area contributed by atoms with Crippen LogP contribution in [0.5, 0.6) is 0 Å². The zero-order valence-electron chi connectivity index (χ0n) is 10.9. The van der Waals surface area contributed by atoms with Gasteiger partial charge in [-0.15, -0.1) is 0 Å². The average molecular weight is 231 g/mol. The first kappa shape index (κ1) is 12.1. The second kappa shape index (κ2) is 5.32. The highest BCUT2D eigenvalue weighted by molar-refractivity contribution is 5.76. The first-order valence-corrected chi connectivity index (χ1v) is 6.44. The summed E-state index contributed by atoms with van der Waals surface area (Å²) in [6.45, 7) is 8.55. The van der Waals surface area contributed by atoms with Crippen molar-refractivity contribution in [2.75, 3.05) is 13.1 Å². The van der Waals surface area contributed by atoms with Crippen LogP contribution in [0.4, 0.5) is 0 Å². The summed E-state index contributed by atoms with van der Waals surface area (Å²) >= 11 is 0. The van der Waals surface area contributed by atoms with E-state index in [1.807, 2.05) is 6.07 Å². The maximum Gasteiger partial charge on any atom is 0.109 e. The molecule has 1 heterocycles. The number of nitrogens with one attached hydrogen (secondary N) is 1. The molecule has 17 heavy (non-hydrogen) atoms.